The lowest BCUT2D eigenvalue weighted by molar-refractivity contribution is 1.54. The minimum atomic E-state index is 1.20. The van der Waals surface area contributed by atoms with Crippen molar-refractivity contribution in [1.82, 2.24) is 4.98 Å². The SMILES string of the molecule is c1ccc(-c2cccc3[nH]c4ccccc4c23)cc1. The summed E-state index contributed by atoms with van der Waals surface area (Å²) in [6.45, 7) is 0. The van der Waals surface area contributed by atoms with E-state index < -0.39 is 0 Å². The number of hydrogen-bond donors (Lipinski definition) is 1. The van der Waals surface area contributed by atoms with Crippen LogP contribution in [0.2, 0.25) is 0 Å². The number of aromatic nitrogens is 1. The number of benzene rings is 3. The Labute approximate surface area is 111 Å². The highest BCUT2D eigenvalue weighted by Crippen LogP contribution is 2.34. The Kier molecular flexibility index (Phi) is 2.18. The Morgan fingerprint density at radius 3 is 2.21 bits per heavy atom. The van der Waals surface area contributed by atoms with E-state index in [1.165, 1.54) is 32.9 Å². The highest BCUT2D eigenvalue weighted by atomic mass is 14.7. The van der Waals surface area contributed by atoms with Gasteiger partial charge in [0.1, 0.15) is 0 Å². The maximum absolute atomic E-state index is 3.49. The van der Waals surface area contributed by atoms with Crippen LogP contribution in [-0.4, -0.2) is 4.98 Å². The second-order valence-electron chi connectivity index (χ2n) is 4.76. The van der Waals surface area contributed by atoms with Gasteiger partial charge in [0.25, 0.3) is 0 Å². The molecule has 0 spiro atoms. The minimum Gasteiger partial charge on any atom is -0.354 e. The van der Waals surface area contributed by atoms with Crippen molar-refractivity contribution in [3.05, 3.63) is 72.8 Å². The summed E-state index contributed by atoms with van der Waals surface area (Å²) in [5.41, 5.74) is 4.94. The first kappa shape index (κ1) is 10.4. The van der Waals surface area contributed by atoms with E-state index in [9.17, 15) is 0 Å². The Bertz CT molecular complexity index is 857. The lowest BCUT2D eigenvalue weighted by atomic mass is 10.00. The predicted octanol–water partition coefficient (Wildman–Crippen LogP) is 4.99. The molecule has 0 aliphatic carbocycles. The molecule has 0 radical (unpaired) electrons. The molecule has 1 N–H and O–H groups in total. The molecule has 90 valence electrons. The average Bonchev–Trinajstić information content (AvgIpc) is 2.86. The largest absolute Gasteiger partial charge is 0.354 e. The standard InChI is InChI=1S/C18H13N/c1-2-7-13(8-3-1)14-10-6-12-17-18(14)15-9-4-5-11-16(15)19-17/h1-12,19H. The van der Waals surface area contributed by atoms with Gasteiger partial charge in [-0.2, -0.15) is 0 Å². The van der Waals surface area contributed by atoms with Crippen LogP contribution in [0.3, 0.4) is 0 Å². The van der Waals surface area contributed by atoms with Crippen molar-refractivity contribution in [2.75, 3.05) is 0 Å². The summed E-state index contributed by atoms with van der Waals surface area (Å²) in [7, 11) is 0. The molecule has 1 heterocycles. The second kappa shape index (κ2) is 3.99. The molecule has 0 atom stereocenters. The zero-order chi connectivity index (χ0) is 12.7. The third kappa shape index (κ3) is 1.55. The predicted molar refractivity (Wildman–Crippen MR) is 81.2 cm³/mol. The summed E-state index contributed by atoms with van der Waals surface area (Å²) in [5.74, 6) is 0. The van der Waals surface area contributed by atoms with Gasteiger partial charge in [-0.1, -0.05) is 60.7 Å². The van der Waals surface area contributed by atoms with Gasteiger partial charge in [-0.3, -0.25) is 0 Å². The number of para-hydroxylation sites is 1. The fourth-order valence-corrected chi connectivity index (χ4v) is 2.76. The van der Waals surface area contributed by atoms with Crippen LogP contribution in [0.25, 0.3) is 32.9 Å². The van der Waals surface area contributed by atoms with Gasteiger partial charge < -0.3 is 4.98 Å². The Balaban J connectivity index is 2.17. The van der Waals surface area contributed by atoms with Crippen molar-refractivity contribution in [1.29, 1.82) is 0 Å². The van der Waals surface area contributed by atoms with Crippen LogP contribution in [0.4, 0.5) is 0 Å². The van der Waals surface area contributed by atoms with Gasteiger partial charge >= 0.3 is 0 Å². The number of fused-ring (bicyclic) bond motifs is 3. The fourth-order valence-electron chi connectivity index (χ4n) is 2.76. The molecule has 0 unspecified atom stereocenters. The van der Waals surface area contributed by atoms with Crippen LogP contribution in [-0.2, 0) is 0 Å². The number of hydrogen-bond acceptors (Lipinski definition) is 0. The molecule has 1 aromatic heterocycles. The maximum atomic E-state index is 3.49. The van der Waals surface area contributed by atoms with Crippen LogP contribution < -0.4 is 0 Å². The summed E-state index contributed by atoms with van der Waals surface area (Å²) < 4.78 is 0. The summed E-state index contributed by atoms with van der Waals surface area (Å²) >= 11 is 0. The maximum Gasteiger partial charge on any atom is 0.0471 e. The molecule has 0 aliphatic heterocycles. The van der Waals surface area contributed by atoms with Gasteiger partial charge in [0.2, 0.25) is 0 Å². The van der Waals surface area contributed by atoms with Crippen LogP contribution in [0.1, 0.15) is 0 Å². The van der Waals surface area contributed by atoms with Gasteiger partial charge in [-0.25, -0.2) is 0 Å². The molecular formula is C18H13N. The molecule has 0 fully saturated rings. The highest BCUT2D eigenvalue weighted by Gasteiger charge is 2.08. The van der Waals surface area contributed by atoms with Crippen molar-refractivity contribution < 1.29 is 0 Å². The zero-order valence-electron chi connectivity index (χ0n) is 10.4. The summed E-state index contributed by atoms with van der Waals surface area (Å²) in [4.78, 5) is 3.49. The molecule has 0 saturated heterocycles. The topological polar surface area (TPSA) is 15.8 Å². The molecule has 0 aliphatic rings. The first-order valence-corrected chi connectivity index (χ1v) is 6.48. The number of H-pyrrole nitrogens is 1. The van der Waals surface area contributed by atoms with Gasteiger partial charge in [0.05, 0.1) is 0 Å². The van der Waals surface area contributed by atoms with E-state index >= 15 is 0 Å². The second-order valence-corrected chi connectivity index (χ2v) is 4.76. The van der Waals surface area contributed by atoms with E-state index in [2.05, 4.69) is 77.8 Å². The summed E-state index contributed by atoms with van der Waals surface area (Å²) in [6, 6.07) is 25.5. The van der Waals surface area contributed by atoms with Crippen LogP contribution in [0, 0.1) is 0 Å². The smallest absolute Gasteiger partial charge is 0.0471 e. The summed E-state index contributed by atoms with van der Waals surface area (Å²) in [6.07, 6.45) is 0. The van der Waals surface area contributed by atoms with Gasteiger partial charge in [0, 0.05) is 21.8 Å². The number of nitrogens with one attached hydrogen (secondary N) is 1. The van der Waals surface area contributed by atoms with E-state index in [1.807, 2.05) is 0 Å². The molecule has 0 saturated carbocycles. The monoisotopic (exact) mass is 243 g/mol. The van der Waals surface area contributed by atoms with Crippen LogP contribution in [0.5, 0.6) is 0 Å². The van der Waals surface area contributed by atoms with Gasteiger partial charge in [-0.15, -0.1) is 0 Å². The van der Waals surface area contributed by atoms with Gasteiger partial charge in [0.15, 0.2) is 0 Å². The van der Waals surface area contributed by atoms with Crippen molar-refractivity contribution in [3.8, 4) is 11.1 Å². The zero-order valence-corrected chi connectivity index (χ0v) is 10.4. The Morgan fingerprint density at radius 2 is 1.32 bits per heavy atom. The van der Waals surface area contributed by atoms with E-state index in [1.54, 1.807) is 0 Å². The molecular weight excluding hydrogens is 230 g/mol. The van der Waals surface area contributed by atoms with Crippen LogP contribution >= 0.6 is 0 Å². The Morgan fingerprint density at radius 1 is 0.579 bits per heavy atom. The van der Waals surface area contributed by atoms with E-state index in [0.717, 1.165) is 0 Å². The van der Waals surface area contributed by atoms with E-state index in [4.69, 9.17) is 0 Å². The molecule has 1 heteroatoms. The fraction of sp³-hybridized carbons (Fsp3) is 0. The average molecular weight is 243 g/mol. The molecule has 1 nitrogen and oxygen atoms in total. The first-order chi connectivity index (χ1) is 9.43. The highest BCUT2D eigenvalue weighted by molar-refractivity contribution is 6.14. The molecule has 3 aromatic carbocycles. The van der Waals surface area contributed by atoms with Crippen molar-refractivity contribution in [3.63, 3.8) is 0 Å². The third-order valence-corrected chi connectivity index (χ3v) is 3.61. The van der Waals surface area contributed by atoms with Crippen LogP contribution in [0.15, 0.2) is 72.8 Å². The summed E-state index contributed by atoms with van der Waals surface area (Å²) in [5, 5.41) is 2.60. The van der Waals surface area contributed by atoms with Crippen molar-refractivity contribution in [2.45, 2.75) is 0 Å². The van der Waals surface area contributed by atoms with Crippen molar-refractivity contribution >= 4 is 21.8 Å². The molecule has 0 amide bonds. The molecule has 4 rings (SSSR count). The first-order valence-electron chi connectivity index (χ1n) is 6.48. The number of rotatable bonds is 1. The molecule has 0 bridgehead atoms. The lowest BCUT2D eigenvalue weighted by Gasteiger charge is -2.04. The van der Waals surface area contributed by atoms with Gasteiger partial charge in [-0.05, 0) is 23.3 Å². The normalized spacial score (nSPS) is 11.2. The Hall–Kier alpha value is -2.54. The van der Waals surface area contributed by atoms with E-state index in [-0.39, 0.29) is 0 Å². The molecule has 19 heavy (non-hydrogen) atoms. The van der Waals surface area contributed by atoms with E-state index in [0.29, 0.717) is 0 Å². The number of aromatic amines is 1. The minimum absolute atomic E-state index is 1.20. The lowest BCUT2D eigenvalue weighted by Crippen LogP contribution is -1.78. The van der Waals surface area contributed by atoms with Crippen molar-refractivity contribution in [2.24, 2.45) is 0 Å². The quantitative estimate of drug-likeness (QED) is 0.485. The third-order valence-electron chi connectivity index (χ3n) is 3.61. The molecule has 4 aromatic rings.